The van der Waals surface area contributed by atoms with Gasteiger partial charge in [-0.1, -0.05) is 0 Å². The van der Waals surface area contributed by atoms with Crippen LogP contribution in [0, 0.1) is 0 Å². The van der Waals surface area contributed by atoms with Gasteiger partial charge in [-0.25, -0.2) is 0 Å². The van der Waals surface area contributed by atoms with Gasteiger partial charge >= 0.3 is 5.97 Å². The highest BCUT2D eigenvalue weighted by Crippen LogP contribution is 2.33. The van der Waals surface area contributed by atoms with E-state index in [1.54, 1.807) is 17.0 Å². The largest absolute Gasteiger partial charge is 0.482 e. The molecule has 2 rings (SSSR count). The monoisotopic (exact) mass is 306 g/mol. The van der Waals surface area contributed by atoms with E-state index >= 15 is 0 Å². The van der Waals surface area contributed by atoms with Gasteiger partial charge in [0.05, 0.1) is 5.69 Å². The van der Waals surface area contributed by atoms with E-state index in [9.17, 15) is 14.4 Å². The predicted molar refractivity (Wildman–Crippen MR) is 79.2 cm³/mol. The number of fused-ring (bicyclic) bond motifs is 1. The Morgan fingerprint density at radius 1 is 1.32 bits per heavy atom. The van der Waals surface area contributed by atoms with Gasteiger partial charge < -0.3 is 14.7 Å². The van der Waals surface area contributed by atoms with E-state index in [1.807, 2.05) is 13.8 Å². The summed E-state index contributed by atoms with van der Waals surface area (Å²) in [5.74, 6) is -1.33. The number of anilines is 1. The van der Waals surface area contributed by atoms with Crippen molar-refractivity contribution in [2.24, 2.45) is 0 Å². The summed E-state index contributed by atoms with van der Waals surface area (Å²) < 4.78 is 5.29. The van der Waals surface area contributed by atoms with Crippen molar-refractivity contribution in [1.29, 1.82) is 0 Å². The molecule has 0 radical (unpaired) electrons. The molecule has 2 amide bonds. The summed E-state index contributed by atoms with van der Waals surface area (Å²) in [5, 5.41) is 8.94. The highest BCUT2D eigenvalue weighted by atomic mass is 16.5. The fourth-order valence-electron chi connectivity index (χ4n) is 2.34. The molecule has 118 valence electrons. The van der Waals surface area contributed by atoms with Crippen LogP contribution in [0.25, 0.3) is 0 Å². The number of carboxylic acid groups (broad SMARTS) is 1. The second-order valence-electron chi connectivity index (χ2n) is 4.82. The van der Waals surface area contributed by atoms with E-state index in [-0.39, 0.29) is 12.5 Å². The summed E-state index contributed by atoms with van der Waals surface area (Å²) in [6.45, 7) is 4.23. The van der Waals surface area contributed by atoms with Gasteiger partial charge in [-0.15, -0.1) is 0 Å². The zero-order chi connectivity index (χ0) is 16.3. The summed E-state index contributed by atoms with van der Waals surface area (Å²) in [6, 6.07) is 4.72. The Balaban J connectivity index is 2.39. The van der Waals surface area contributed by atoms with Crippen molar-refractivity contribution in [3.63, 3.8) is 0 Å². The van der Waals surface area contributed by atoms with Crippen molar-refractivity contribution in [3.05, 3.63) is 23.8 Å². The maximum absolute atomic E-state index is 12.4. The molecule has 22 heavy (non-hydrogen) atoms. The first-order valence-electron chi connectivity index (χ1n) is 7.06. The third kappa shape index (κ3) is 3.03. The molecule has 7 nitrogen and oxygen atoms in total. The van der Waals surface area contributed by atoms with Gasteiger partial charge in [0.25, 0.3) is 11.8 Å². The van der Waals surface area contributed by atoms with E-state index < -0.39 is 18.4 Å². The van der Waals surface area contributed by atoms with Crippen LogP contribution in [0.3, 0.4) is 0 Å². The molecule has 0 bridgehead atoms. The highest BCUT2D eigenvalue weighted by molar-refractivity contribution is 6.03. The van der Waals surface area contributed by atoms with Gasteiger partial charge in [0.1, 0.15) is 12.3 Å². The summed E-state index contributed by atoms with van der Waals surface area (Å²) in [7, 11) is 0. The Hall–Kier alpha value is -2.57. The molecule has 1 aromatic rings. The molecule has 0 fully saturated rings. The number of aliphatic carboxylic acids is 1. The van der Waals surface area contributed by atoms with E-state index in [0.717, 1.165) is 4.90 Å². The fourth-order valence-corrected chi connectivity index (χ4v) is 2.34. The number of ether oxygens (including phenoxy) is 1. The molecule has 1 heterocycles. The molecular weight excluding hydrogens is 288 g/mol. The molecular formula is C15H18N2O5. The minimum Gasteiger partial charge on any atom is -0.482 e. The van der Waals surface area contributed by atoms with E-state index in [2.05, 4.69) is 0 Å². The second-order valence-corrected chi connectivity index (χ2v) is 4.82. The molecule has 1 aromatic carbocycles. The molecule has 0 aromatic heterocycles. The molecule has 0 spiro atoms. The minimum absolute atomic E-state index is 0.166. The Bertz CT molecular complexity index is 610. The number of amides is 2. The minimum atomic E-state index is -1.12. The average Bonchev–Trinajstić information content (AvgIpc) is 2.50. The third-order valence-electron chi connectivity index (χ3n) is 3.49. The lowest BCUT2D eigenvalue weighted by Gasteiger charge is -2.29. The van der Waals surface area contributed by atoms with Gasteiger partial charge in [-0.05, 0) is 32.0 Å². The van der Waals surface area contributed by atoms with Crippen molar-refractivity contribution < 1.29 is 24.2 Å². The van der Waals surface area contributed by atoms with Gasteiger partial charge in [0, 0.05) is 18.7 Å². The zero-order valence-electron chi connectivity index (χ0n) is 12.5. The topological polar surface area (TPSA) is 87.2 Å². The first kappa shape index (κ1) is 15.8. The first-order chi connectivity index (χ1) is 10.5. The van der Waals surface area contributed by atoms with Crippen LogP contribution in [0.15, 0.2) is 18.2 Å². The molecule has 7 heteroatoms. The SMILES string of the molecule is CCN(CC)C(=O)c1ccc2c(c1)N(CC(=O)O)C(=O)CO2. The van der Waals surface area contributed by atoms with Crippen LogP contribution in [-0.4, -0.2) is 54.0 Å². The standard InChI is InChI=1S/C15H18N2O5/c1-3-16(4-2)15(21)10-5-6-12-11(7-10)17(8-14(19)20)13(18)9-22-12/h5-7H,3-4,8-9H2,1-2H3,(H,19,20). The van der Waals surface area contributed by atoms with Gasteiger partial charge in [0.15, 0.2) is 6.61 Å². The smallest absolute Gasteiger partial charge is 0.323 e. The number of hydrogen-bond acceptors (Lipinski definition) is 4. The summed E-state index contributed by atoms with van der Waals surface area (Å²) in [5.41, 5.74) is 0.716. The molecule has 1 aliphatic heterocycles. The quantitative estimate of drug-likeness (QED) is 0.876. The Labute approximate surface area is 128 Å². The van der Waals surface area contributed by atoms with Crippen molar-refractivity contribution in [2.45, 2.75) is 13.8 Å². The van der Waals surface area contributed by atoms with E-state index in [4.69, 9.17) is 9.84 Å². The number of rotatable bonds is 5. The lowest BCUT2D eigenvalue weighted by atomic mass is 10.1. The lowest BCUT2D eigenvalue weighted by Crippen LogP contribution is -2.42. The van der Waals surface area contributed by atoms with Crippen LogP contribution >= 0.6 is 0 Å². The normalized spacial score (nSPS) is 13.4. The van der Waals surface area contributed by atoms with Crippen LogP contribution in [-0.2, 0) is 9.59 Å². The number of carboxylic acids is 1. The molecule has 1 N–H and O–H groups in total. The highest BCUT2D eigenvalue weighted by Gasteiger charge is 2.28. The molecule has 0 atom stereocenters. The zero-order valence-corrected chi connectivity index (χ0v) is 12.5. The second kappa shape index (κ2) is 6.46. The summed E-state index contributed by atoms with van der Waals surface area (Å²) >= 11 is 0. The lowest BCUT2D eigenvalue weighted by molar-refractivity contribution is -0.137. The van der Waals surface area contributed by atoms with Gasteiger partial charge in [-0.3, -0.25) is 19.3 Å². The van der Waals surface area contributed by atoms with Gasteiger partial charge in [-0.2, -0.15) is 0 Å². The number of carbonyl (C=O) groups is 3. The van der Waals surface area contributed by atoms with Crippen molar-refractivity contribution in [2.75, 3.05) is 31.1 Å². The summed E-state index contributed by atoms with van der Waals surface area (Å²) in [4.78, 5) is 37.9. The Kier molecular flexibility index (Phi) is 4.65. The predicted octanol–water partition coefficient (Wildman–Crippen LogP) is 0.979. The van der Waals surface area contributed by atoms with Gasteiger partial charge in [0.2, 0.25) is 0 Å². The Morgan fingerprint density at radius 2 is 2.00 bits per heavy atom. The van der Waals surface area contributed by atoms with E-state index in [0.29, 0.717) is 30.1 Å². The molecule has 0 saturated carbocycles. The van der Waals surface area contributed by atoms with Crippen molar-refractivity contribution in [3.8, 4) is 5.75 Å². The third-order valence-corrected chi connectivity index (χ3v) is 3.49. The average molecular weight is 306 g/mol. The number of hydrogen-bond donors (Lipinski definition) is 1. The molecule has 0 saturated heterocycles. The van der Waals surface area contributed by atoms with Crippen LogP contribution in [0.4, 0.5) is 5.69 Å². The van der Waals surface area contributed by atoms with Crippen LogP contribution < -0.4 is 9.64 Å². The maximum Gasteiger partial charge on any atom is 0.323 e. The van der Waals surface area contributed by atoms with Crippen LogP contribution in [0.5, 0.6) is 5.75 Å². The summed E-state index contributed by atoms with van der Waals surface area (Å²) in [6.07, 6.45) is 0. The number of benzene rings is 1. The number of nitrogens with zero attached hydrogens (tertiary/aromatic N) is 2. The van der Waals surface area contributed by atoms with Crippen LogP contribution in [0.1, 0.15) is 24.2 Å². The first-order valence-corrected chi connectivity index (χ1v) is 7.06. The number of carbonyl (C=O) groups excluding carboxylic acids is 2. The van der Waals surface area contributed by atoms with E-state index in [1.165, 1.54) is 6.07 Å². The molecule has 0 unspecified atom stereocenters. The van der Waals surface area contributed by atoms with Crippen LogP contribution in [0.2, 0.25) is 0 Å². The van der Waals surface area contributed by atoms with Crippen molar-refractivity contribution in [1.82, 2.24) is 4.90 Å². The Morgan fingerprint density at radius 3 is 2.59 bits per heavy atom. The maximum atomic E-state index is 12.4. The van der Waals surface area contributed by atoms with Crippen molar-refractivity contribution >= 4 is 23.5 Å². The fraction of sp³-hybridized carbons (Fsp3) is 0.400. The molecule has 0 aliphatic carbocycles. The molecule has 1 aliphatic rings.